The number of fused-ring (bicyclic) bond motifs is 14. The van der Waals surface area contributed by atoms with Crippen molar-refractivity contribution in [3.05, 3.63) is 93.0 Å². The van der Waals surface area contributed by atoms with Crippen molar-refractivity contribution in [2.75, 3.05) is 45.9 Å². The topological polar surface area (TPSA) is 300 Å². The Labute approximate surface area is 660 Å². The Morgan fingerprint density at radius 3 is 1.39 bits per heavy atom. The van der Waals surface area contributed by atoms with Gasteiger partial charge >= 0.3 is 117 Å². The minimum absolute atomic E-state index is 0. The number of Topliss-reactive ketones (excluding diaryl/α,β-unsaturated/α-hetero) is 1. The first-order chi connectivity index (χ1) is 42.9. The Balaban J connectivity index is 0.000000495. The number of rotatable bonds is 10. The molecule has 7 fully saturated rings. The van der Waals surface area contributed by atoms with E-state index in [9.17, 15) is 44.0 Å². The van der Waals surface area contributed by atoms with E-state index >= 15 is 0 Å². The van der Waals surface area contributed by atoms with Gasteiger partial charge in [0.1, 0.15) is 0 Å². The number of carbonyl (C=O) groups excluding carboxylic acids is 6. The molecule has 6 saturated carbocycles. The first-order valence-electron chi connectivity index (χ1n) is 33.2. The number of ketones is 3. The molecule has 14 atom stereocenters. The van der Waals surface area contributed by atoms with Gasteiger partial charge in [-0.25, -0.2) is 6.57 Å². The van der Waals surface area contributed by atoms with Crippen LogP contribution in [-0.2, 0) is 52.0 Å². The fraction of sp³-hybridized carbons (Fsp3) is 0.707. The van der Waals surface area contributed by atoms with E-state index in [0.29, 0.717) is 30.6 Å². The Morgan fingerprint density at radius 1 is 0.667 bits per heavy atom. The third kappa shape index (κ3) is 15.0. The number of allylic oxidation sites excluding steroid dienone is 11. The standard InChI is InChI=1S/C32H42N2O3.C30H41NO4.C6H12NO3P.C4H8O.CH2O3.2CH4.2K.H/c1-27-10-11-28(2,26(34)37)18-25(27)32(6)15-13-29(3)22-17-23(36)21(9-16-33)30(4,19-35)20(22)7-8-24(29)31(32,5)14-12-27;1-25-9-10-26(2,24(31)35)16-22(25)30(6)14-12-27(3)19-15-20(33)23(34)28(4,17-32)18(19)7-8-21(27)29(30,5)13-11-25;1-4-9-11(8,6-7-3)10-5-2;1-2-4-5-3-1;2-1-4-3;;;;;/h7-9,17,25,35H,10-15,18-19H2,1-6H3,(H2,34,37);7-8,15,22,32H,9-14,16-17H2,1-6H3,(H2,31,35);4-6H2,1-2H3;1-4H2;1,3H;2*1H4;;;/q;;;;;;;2*+1;-1/p-1/b21-9+;;;;;;;;;/t25-,27-,28-,29+,30+,31-,32+;22-,25-,26-,27+,28+,29-,30+;;;;;;;;/m11......../s1. The van der Waals surface area contributed by atoms with Crippen molar-refractivity contribution < 1.29 is 172 Å². The Bertz CT molecular complexity index is 3350. The van der Waals surface area contributed by atoms with Crippen LogP contribution in [0.2, 0.25) is 0 Å². The fourth-order valence-electron chi connectivity index (χ4n) is 19.6. The molecule has 21 heteroatoms. The van der Waals surface area contributed by atoms with E-state index < -0.39 is 40.8 Å². The number of nitriles is 1. The number of ether oxygens (including phenoxy) is 1. The summed E-state index contributed by atoms with van der Waals surface area (Å²) >= 11 is 0. The molecule has 6 N–H and O–H groups in total. The minimum atomic E-state index is -3.07. The molecule has 0 aromatic heterocycles. The van der Waals surface area contributed by atoms with E-state index in [1.54, 1.807) is 32.9 Å². The SMILES string of the molecule is C.C.C1CCOC1.C[C@@]1(C(N)=O)CC[C@]2(C)CC[C@]3(C)C4=CC=C5C(=CC(=O)/C(=C\C#N)[C@@]5(C)CO)[C@]4(C)CC[C@@]3(C)[C@@H]2C1.C[C@@]1(C(N)=O)CC[C@]2(C)CC[C@]3(C)C4=CC=C5C(=CC(=O)C(=O)[C@@]5(C)CO)[C@]4(C)CC[C@@]3(C)[C@@H]2C1.O=CO[O-].[C-]#[N+]CP(=O)(OCC)OCC.[H-].[K+].[K+]. The molecule has 2 amide bonds. The zero-order chi connectivity index (χ0) is 68.7. The van der Waals surface area contributed by atoms with E-state index in [2.05, 4.69) is 97.2 Å². The Kier molecular flexibility index (Phi) is 30.0. The van der Waals surface area contributed by atoms with Gasteiger partial charge in [-0.3, -0.25) is 33.3 Å². The summed E-state index contributed by atoms with van der Waals surface area (Å²) in [6.07, 6.45) is 29.1. The number of carbonyl (C=O) groups is 6. The number of aliphatic hydroxyl groups is 2. The maximum Gasteiger partial charge on any atom is 1.00 e. The van der Waals surface area contributed by atoms with Gasteiger partial charge in [-0.15, -0.1) is 0 Å². The number of hydrogen-bond donors (Lipinski definition) is 4. The maximum atomic E-state index is 13.3. The molecule has 0 bridgehead atoms. The molecule has 0 unspecified atom stereocenters. The van der Waals surface area contributed by atoms with Crippen molar-refractivity contribution in [2.24, 2.45) is 88.3 Å². The van der Waals surface area contributed by atoms with Gasteiger partial charge in [-0.05, 0) is 209 Å². The number of amides is 2. The second-order valence-electron chi connectivity index (χ2n) is 31.3. The molecule has 0 aromatic rings. The number of aliphatic hydroxyl groups excluding tert-OH is 2. The van der Waals surface area contributed by atoms with E-state index in [0.717, 1.165) is 125 Å². The van der Waals surface area contributed by atoms with Crippen LogP contribution in [0.4, 0.5) is 0 Å². The zero-order valence-electron chi connectivity index (χ0n) is 60.3. The Morgan fingerprint density at radius 2 is 1.05 bits per heavy atom. The number of hydrogen-bond acceptors (Lipinski definition) is 15. The third-order valence-electron chi connectivity index (χ3n) is 26.3. The molecule has 524 valence electrons. The van der Waals surface area contributed by atoms with Crippen LogP contribution in [0.3, 0.4) is 0 Å². The molecule has 0 aromatic carbocycles. The fourth-order valence-corrected chi connectivity index (χ4v) is 20.8. The molecule has 0 radical (unpaired) electrons. The van der Waals surface area contributed by atoms with Gasteiger partial charge in [-0.1, -0.05) is 120 Å². The largest absolute Gasteiger partial charge is 1.00 e. The molecular weight excluding hydrogens is 1290 g/mol. The summed E-state index contributed by atoms with van der Waals surface area (Å²) in [5.41, 5.74) is 15.1. The predicted octanol–water partition coefficient (Wildman–Crippen LogP) is 7.30. The third-order valence-corrected chi connectivity index (χ3v) is 28.1. The second kappa shape index (κ2) is 32.7. The summed E-state index contributed by atoms with van der Waals surface area (Å²) in [7, 11) is -3.07. The van der Waals surface area contributed by atoms with Gasteiger partial charge in [0.2, 0.25) is 23.4 Å². The smallest absolute Gasteiger partial charge is 1.00 e. The molecule has 96 heavy (non-hydrogen) atoms. The van der Waals surface area contributed by atoms with Crippen LogP contribution in [0.1, 0.15) is 216 Å². The first kappa shape index (κ1) is 88.1. The molecular formula is C75H113K2N4O14P. The van der Waals surface area contributed by atoms with E-state index in [4.69, 9.17) is 41.9 Å². The van der Waals surface area contributed by atoms with Gasteiger partial charge in [0.25, 0.3) is 6.47 Å². The molecule has 1 heterocycles. The molecule has 1 aliphatic heterocycles. The van der Waals surface area contributed by atoms with Gasteiger partial charge < -0.3 is 51.9 Å². The zero-order valence-corrected chi connectivity index (χ0v) is 66.5. The van der Waals surface area contributed by atoms with Gasteiger partial charge in [-0.2, -0.15) is 5.26 Å². The molecule has 0 spiro atoms. The van der Waals surface area contributed by atoms with Crippen LogP contribution in [0, 0.1) is 94.7 Å². The van der Waals surface area contributed by atoms with E-state index in [1.807, 2.05) is 19.1 Å². The summed E-state index contributed by atoms with van der Waals surface area (Å²) in [6, 6.07) is 2.01. The van der Waals surface area contributed by atoms with Gasteiger partial charge in [0.15, 0.2) is 5.78 Å². The number of primary amides is 2. The molecule has 18 nitrogen and oxygen atoms in total. The molecule has 1 saturated heterocycles. The first-order valence-corrected chi connectivity index (χ1v) is 35.0. The summed E-state index contributed by atoms with van der Waals surface area (Å²) < 4.78 is 26.0. The average Bonchev–Trinajstić information content (AvgIpc) is 1.51. The van der Waals surface area contributed by atoms with Crippen molar-refractivity contribution in [3.63, 3.8) is 0 Å². The predicted molar refractivity (Wildman–Crippen MR) is 363 cm³/mol. The van der Waals surface area contributed by atoms with Crippen molar-refractivity contribution in [3.8, 4) is 6.07 Å². The number of nitrogens with zero attached hydrogens (tertiary/aromatic N) is 2. The quantitative estimate of drug-likeness (QED) is 0.0192. The van der Waals surface area contributed by atoms with Crippen LogP contribution < -0.4 is 119 Å². The Hall–Kier alpha value is -2.16. The van der Waals surface area contributed by atoms with Crippen LogP contribution in [0.15, 0.2) is 81.5 Å². The monoisotopic (exact) mass is 1400 g/mol. The number of nitrogens with two attached hydrogens (primary N) is 2. The summed E-state index contributed by atoms with van der Waals surface area (Å²) in [6.45, 7) is 38.5. The average molecular weight is 1400 g/mol. The van der Waals surface area contributed by atoms with Crippen molar-refractivity contribution in [1.29, 1.82) is 5.26 Å². The maximum absolute atomic E-state index is 13.3. The summed E-state index contributed by atoms with van der Waals surface area (Å²) in [4.78, 5) is 78.2. The summed E-state index contributed by atoms with van der Waals surface area (Å²) in [5, 5.41) is 38.4. The van der Waals surface area contributed by atoms with E-state index in [1.165, 1.54) is 30.1 Å². The van der Waals surface area contributed by atoms with E-state index in [-0.39, 0.29) is 206 Å². The molecule has 10 aliphatic carbocycles. The van der Waals surface area contributed by atoms with Crippen LogP contribution in [0.5, 0.6) is 0 Å². The van der Waals surface area contributed by atoms with Crippen molar-refractivity contribution in [2.45, 2.75) is 215 Å². The molecule has 11 rings (SSSR count). The molecule has 11 aliphatic rings. The van der Waals surface area contributed by atoms with Crippen LogP contribution >= 0.6 is 7.60 Å². The van der Waals surface area contributed by atoms with Crippen molar-refractivity contribution in [1.82, 2.24) is 0 Å². The normalized spacial score (nSPS) is 39.0. The second-order valence-corrected chi connectivity index (χ2v) is 33.3. The van der Waals surface area contributed by atoms with Gasteiger partial charge in [0.05, 0.1) is 37.9 Å². The van der Waals surface area contributed by atoms with Crippen LogP contribution in [0.25, 0.3) is 4.85 Å². The van der Waals surface area contributed by atoms with Crippen LogP contribution in [-0.4, -0.2) is 91.8 Å². The van der Waals surface area contributed by atoms with Gasteiger partial charge in [0, 0.05) is 51.9 Å². The minimum Gasteiger partial charge on any atom is -1.00 e. The summed E-state index contributed by atoms with van der Waals surface area (Å²) in [5.74, 6) is -0.797. The van der Waals surface area contributed by atoms with Crippen molar-refractivity contribution >= 4 is 43.2 Å².